The van der Waals surface area contributed by atoms with Crippen molar-refractivity contribution in [3.63, 3.8) is 0 Å². The van der Waals surface area contributed by atoms with E-state index in [1.165, 1.54) is 10.5 Å². The number of aromatic nitrogens is 2. The SMILES string of the molecule is Cc1nc(S(=O)(=O)N(CC(N)=O)C2CCNCC2)cn1C. The van der Waals surface area contributed by atoms with Gasteiger partial charge in [0.1, 0.15) is 5.82 Å². The number of sulfonamides is 1. The summed E-state index contributed by atoms with van der Waals surface area (Å²) in [6, 6.07) is -0.230. The second-order valence-electron chi connectivity index (χ2n) is 5.24. The molecule has 1 aromatic rings. The Bertz CT molecular complexity index is 599. The molecule has 1 saturated heterocycles. The van der Waals surface area contributed by atoms with Gasteiger partial charge in [0.05, 0.1) is 6.54 Å². The highest BCUT2D eigenvalue weighted by Gasteiger charge is 2.35. The Balaban J connectivity index is 2.35. The van der Waals surface area contributed by atoms with Gasteiger partial charge in [-0.05, 0) is 32.9 Å². The number of hydrogen-bond acceptors (Lipinski definition) is 5. The van der Waals surface area contributed by atoms with Crippen molar-refractivity contribution in [1.82, 2.24) is 19.2 Å². The lowest BCUT2D eigenvalue weighted by Crippen LogP contribution is -2.49. The topological polar surface area (TPSA) is 110 Å². The maximum absolute atomic E-state index is 12.8. The minimum Gasteiger partial charge on any atom is -0.369 e. The second kappa shape index (κ2) is 6.12. The van der Waals surface area contributed by atoms with Crippen molar-refractivity contribution in [1.29, 1.82) is 0 Å². The number of hydrogen-bond donors (Lipinski definition) is 2. The van der Waals surface area contributed by atoms with Crippen LogP contribution in [0, 0.1) is 6.92 Å². The number of amides is 1. The zero-order valence-corrected chi connectivity index (χ0v) is 13.1. The molecule has 1 amide bonds. The number of nitrogens with zero attached hydrogens (tertiary/aromatic N) is 3. The third kappa shape index (κ3) is 3.42. The van der Waals surface area contributed by atoms with Gasteiger partial charge in [0, 0.05) is 19.3 Å². The summed E-state index contributed by atoms with van der Waals surface area (Å²) in [4.78, 5) is 15.3. The van der Waals surface area contributed by atoms with Crippen molar-refractivity contribution in [2.45, 2.75) is 30.8 Å². The highest BCUT2D eigenvalue weighted by Crippen LogP contribution is 2.21. The Morgan fingerprint density at radius 1 is 1.52 bits per heavy atom. The van der Waals surface area contributed by atoms with Crippen LogP contribution in [0.1, 0.15) is 18.7 Å². The van der Waals surface area contributed by atoms with Gasteiger partial charge in [0.2, 0.25) is 5.91 Å². The van der Waals surface area contributed by atoms with Gasteiger partial charge in [-0.3, -0.25) is 4.79 Å². The van der Waals surface area contributed by atoms with E-state index in [-0.39, 0.29) is 17.6 Å². The molecular formula is C12H21N5O3S. The van der Waals surface area contributed by atoms with Crippen LogP contribution in [0.2, 0.25) is 0 Å². The van der Waals surface area contributed by atoms with Gasteiger partial charge in [-0.15, -0.1) is 0 Å². The summed E-state index contributed by atoms with van der Waals surface area (Å²) in [5.41, 5.74) is 5.22. The van der Waals surface area contributed by atoms with E-state index in [0.717, 1.165) is 13.1 Å². The maximum Gasteiger partial charge on any atom is 0.262 e. The summed E-state index contributed by atoms with van der Waals surface area (Å²) >= 11 is 0. The number of piperidine rings is 1. The molecule has 0 bridgehead atoms. The maximum atomic E-state index is 12.8. The first kappa shape index (κ1) is 15.9. The van der Waals surface area contributed by atoms with Crippen LogP contribution in [0.25, 0.3) is 0 Å². The fraction of sp³-hybridized carbons (Fsp3) is 0.667. The molecule has 8 nitrogen and oxygen atoms in total. The van der Waals surface area contributed by atoms with E-state index in [0.29, 0.717) is 18.7 Å². The average molecular weight is 315 g/mol. The highest BCUT2D eigenvalue weighted by molar-refractivity contribution is 7.89. The number of aryl methyl sites for hydroxylation is 2. The molecule has 2 heterocycles. The van der Waals surface area contributed by atoms with E-state index in [4.69, 9.17) is 5.73 Å². The predicted molar refractivity (Wildman–Crippen MR) is 76.9 cm³/mol. The zero-order chi connectivity index (χ0) is 15.6. The minimum absolute atomic E-state index is 0.0396. The molecule has 3 N–H and O–H groups in total. The van der Waals surface area contributed by atoms with Gasteiger partial charge in [0.15, 0.2) is 5.03 Å². The lowest BCUT2D eigenvalue weighted by atomic mass is 10.1. The van der Waals surface area contributed by atoms with Crippen LogP contribution >= 0.6 is 0 Å². The Morgan fingerprint density at radius 2 is 2.14 bits per heavy atom. The van der Waals surface area contributed by atoms with Crippen molar-refractivity contribution in [2.75, 3.05) is 19.6 Å². The van der Waals surface area contributed by atoms with Crippen LogP contribution in [-0.4, -0.2) is 53.9 Å². The fourth-order valence-corrected chi connectivity index (χ4v) is 4.11. The van der Waals surface area contributed by atoms with E-state index in [2.05, 4.69) is 10.3 Å². The number of nitrogens with one attached hydrogen (secondary N) is 1. The van der Waals surface area contributed by atoms with Gasteiger partial charge in [-0.1, -0.05) is 0 Å². The molecule has 118 valence electrons. The molecule has 0 spiro atoms. The van der Waals surface area contributed by atoms with Crippen LogP contribution in [0.4, 0.5) is 0 Å². The number of nitrogens with two attached hydrogens (primary N) is 1. The number of rotatable bonds is 5. The smallest absolute Gasteiger partial charge is 0.262 e. The quantitative estimate of drug-likeness (QED) is 0.721. The van der Waals surface area contributed by atoms with E-state index in [9.17, 15) is 13.2 Å². The molecule has 1 fully saturated rings. The first-order valence-corrected chi connectivity index (χ1v) is 8.27. The largest absolute Gasteiger partial charge is 0.369 e. The molecule has 2 rings (SSSR count). The molecule has 0 saturated carbocycles. The molecule has 1 aliphatic heterocycles. The van der Waals surface area contributed by atoms with Gasteiger partial charge in [-0.2, -0.15) is 4.31 Å². The summed E-state index contributed by atoms with van der Waals surface area (Å²) in [5, 5.41) is 3.13. The number of primary amides is 1. The average Bonchev–Trinajstić information content (AvgIpc) is 2.77. The molecule has 0 aliphatic carbocycles. The van der Waals surface area contributed by atoms with Crippen molar-refractivity contribution >= 4 is 15.9 Å². The standard InChI is InChI=1S/C12H21N5O3S/c1-9-15-12(8-16(9)2)21(19,20)17(7-11(13)18)10-3-5-14-6-4-10/h8,10,14H,3-7H2,1-2H3,(H2,13,18). The van der Waals surface area contributed by atoms with Gasteiger partial charge < -0.3 is 15.6 Å². The van der Waals surface area contributed by atoms with Crippen LogP contribution in [0.15, 0.2) is 11.2 Å². The number of carbonyl (C=O) groups excluding carboxylic acids is 1. The fourth-order valence-electron chi connectivity index (χ4n) is 2.43. The zero-order valence-electron chi connectivity index (χ0n) is 12.2. The predicted octanol–water partition coefficient (Wildman–Crippen LogP) is -1.04. The lowest BCUT2D eigenvalue weighted by molar-refractivity contribution is -0.118. The highest BCUT2D eigenvalue weighted by atomic mass is 32.2. The molecule has 1 aromatic heterocycles. The Labute approximate surface area is 124 Å². The summed E-state index contributed by atoms with van der Waals surface area (Å²) < 4.78 is 28.3. The molecule has 0 atom stereocenters. The molecule has 1 aliphatic rings. The molecule has 0 aromatic carbocycles. The van der Waals surface area contributed by atoms with Crippen molar-refractivity contribution in [2.24, 2.45) is 12.8 Å². The van der Waals surface area contributed by atoms with Gasteiger partial charge in [0.25, 0.3) is 10.0 Å². The van der Waals surface area contributed by atoms with E-state index < -0.39 is 15.9 Å². The molecule has 21 heavy (non-hydrogen) atoms. The van der Waals surface area contributed by atoms with Crippen LogP contribution < -0.4 is 11.1 Å². The van der Waals surface area contributed by atoms with Gasteiger partial charge in [-0.25, -0.2) is 13.4 Å². The number of imidazole rings is 1. The third-order valence-corrected chi connectivity index (χ3v) is 5.46. The summed E-state index contributed by atoms with van der Waals surface area (Å²) in [6.07, 6.45) is 2.76. The van der Waals surface area contributed by atoms with E-state index >= 15 is 0 Å². The Kier molecular flexibility index (Phi) is 4.64. The summed E-state index contributed by atoms with van der Waals surface area (Å²) in [6.45, 7) is 2.85. The van der Waals surface area contributed by atoms with Gasteiger partial charge >= 0.3 is 0 Å². The summed E-state index contributed by atoms with van der Waals surface area (Å²) in [5.74, 6) is -0.0670. The first-order chi connectivity index (χ1) is 9.82. The molecule has 0 radical (unpaired) electrons. The van der Waals surface area contributed by atoms with Crippen molar-refractivity contribution < 1.29 is 13.2 Å². The third-order valence-electron chi connectivity index (χ3n) is 3.69. The molecule has 0 unspecified atom stereocenters. The summed E-state index contributed by atoms with van der Waals surface area (Å²) in [7, 11) is -2.10. The first-order valence-electron chi connectivity index (χ1n) is 6.83. The number of carbonyl (C=O) groups is 1. The normalized spacial score (nSPS) is 17.3. The van der Waals surface area contributed by atoms with Crippen molar-refractivity contribution in [3.8, 4) is 0 Å². The Hall–Kier alpha value is -1.45. The second-order valence-corrected chi connectivity index (χ2v) is 7.07. The van der Waals surface area contributed by atoms with E-state index in [1.54, 1.807) is 18.5 Å². The monoisotopic (exact) mass is 315 g/mol. The molecular weight excluding hydrogens is 294 g/mol. The Morgan fingerprint density at radius 3 is 2.62 bits per heavy atom. The molecule has 9 heteroatoms. The van der Waals surface area contributed by atoms with Crippen LogP contribution in [-0.2, 0) is 21.9 Å². The lowest BCUT2D eigenvalue weighted by Gasteiger charge is -2.32. The minimum atomic E-state index is -3.82. The van der Waals surface area contributed by atoms with E-state index in [1.807, 2.05) is 0 Å². The van der Waals surface area contributed by atoms with Crippen molar-refractivity contribution in [3.05, 3.63) is 12.0 Å². The van der Waals surface area contributed by atoms with Crippen LogP contribution in [0.3, 0.4) is 0 Å². The van der Waals surface area contributed by atoms with Crippen LogP contribution in [0.5, 0.6) is 0 Å².